The number of nitrogens with one attached hydrogen (secondary N) is 2. The van der Waals surface area contributed by atoms with E-state index in [0.29, 0.717) is 29.1 Å². The largest absolute Gasteiger partial charge is 0.493 e. The first-order valence-electron chi connectivity index (χ1n) is 8.48. The smallest absolute Gasteiger partial charge is 0.262 e. The van der Waals surface area contributed by atoms with E-state index in [0.717, 1.165) is 16.8 Å². The normalized spacial score (nSPS) is 10.7. The topological polar surface area (TPSA) is 59.6 Å². The van der Waals surface area contributed by atoms with Crippen LogP contribution in [0, 0.1) is 6.92 Å². The zero-order chi connectivity index (χ0) is 19.1. The molecule has 2 N–H and O–H groups in total. The molecule has 0 saturated heterocycles. The van der Waals surface area contributed by atoms with Crippen molar-refractivity contribution >= 4 is 23.2 Å². The summed E-state index contributed by atoms with van der Waals surface area (Å²) in [6.07, 6.45) is 0. The Morgan fingerprint density at radius 2 is 1.85 bits per heavy atom. The molecule has 26 heavy (non-hydrogen) atoms. The molecule has 0 spiro atoms. The maximum absolute atomic E-state index is 12.1. The summed E-state index contributed by atoms with van der Waals surface area (Å²) in [7, 11) is 1.56. The zero-order valence-electron chi connectivity index (χ0n) is 15.6. The first kappa shape index (κ1) is 20.1. The lowest BCUT2D eigenvalue weighted by Gasteiger charge is -2.15. The van der Waals surface area contributed by atoms with E-state index in [1.165, 1.54) is 0 Å². The molecule has 0 aromatic heterocycles. The van der Waals surface area contributed by atoms with Crippen LogP contribution in [-0.2, 0) is 11.3 Å². The fraction of sp³-hybridized carbons (Fsp3) is 0.350. The van der Waals surface area contributed by atoms with Crippen LogP contribution >= 0.6 is 11.6 Å². The van der Waals surface area contributed by atoms with Gasteiger partial charge in [0.15, 0.2) is 18.1 Å². The molecule has 0 bridgehead atoms. The molecule has 140 valence electrons. The van der Waals surface area contributed by atoms with Crippen molar-refractivity contribution in [1.82, 2.24) is 5.32 Å². The standard InChI is InChI=1S/C20H25ClN2O3/c1-13(2)22-11-15-9-18(25-4)19(10-17(15)21)26-12-20(24)23-16-7-5-14(3)6-8-16/h5-10,13,22H,11-12H2,1-4H3,(H,23,24). The molecule has 1 amide bonds. The van der Waals surface area contributed by atoms with Gasteiger partial charge in [-0.05, 0) is 30.7 Å². The molecule has 2 aromatic carbocycles. The van der Waals surface area contributed by atoms with Crippen LogP contribution in [0.2, 0.25) is 5.02 Å². The summed E-state index contributed by atoms with van der Waals surface area (Å²) in [6.45, 7) is 6.61. The van der Waals surface area contributed by atoms with Gasteiger partial charge in [-0.15, -0.1) is 0 Å². The third kappa shape index (κ3) is 5.93. The predicted molar refractivity (Wildman–Crippen MR) is 105 cm³/mol. The number of ether oxygens (including phenoxy) is 2. The van der Waals surface area contributed by atoms with E-state index in [1.807, 2.05) is 37.3 Å². The number of amides is 1. The lowest BCUT2D eigenvalue weighted by atomic mass is 10.2. The summed E-state index contributed by atoms with van der Waals surface area (Å²) in [5.74, 6) is 0.723. The number of anilines is 1. The van der Waals surface area contributed by atoms with Crippen LogP contribution in [0.15, 0.2) is 36.4 Å². The van der Waals surface area contributed by atoms with Crippen LogP contribution in [0.3, 0.4) is 0 Å². The van der Waals surface area contributed by atoms with Gasteiger partial charge in [0, 0.05) is 29.4 Å². The number of aryl methyl sites for hydroxylation is 1. The highest BCUT2D eigenvalue weighted by Crippen LogP contribution is 2.33. The Bertz CT molecular complexity index is 745. The van der Waals surface area contributed by atoms with Crippen molar-refractivity contribution in [2.75, 3.05) is 19.0 Å². The third-order valence-electron chi connectivity index (χ3n) is 3.73. The SMILES string of the molecule is COc1cc(CNC(C)C)c(Cl)cc1OCC(=O)Nc1ccc(C)cc1. The molecule has 0 atom stereocenters. The summed E-state index contributed by atoms with van der Waals surface area (Å²) < 4.78 is 11.0. The van der Waals surface area contributed by atoms with E-state index >= 15 is 0 Å². The lowest BCUT2D eigenvalue weighted by Crippen LogP contribution is -2.22. The Hall–Kier alpha value is -2.24. The fourth-order valence-electron chi connectivity index (χ4n) is 2.28. The number of benzene rings is 2. The quantitative estimate of drug-likeness (QED) is 0.725. The van der Waals surface area contributed by atoms with E-state index < -0.39 is 0 Å². The first-order valence-corrected chi connectivity index (χ1v) is 8.86. The van der Waals surface area contributed by atoms with E-state index in [2.05, 4.69) is 24.5 Å². The molecule has 0 aliphatic heterocycles. The Morgan fingerprint density at radius 3 is 2.46 bits per heavy atom. The molecule has 6 heteroatoms. The Balaban J connectivity index is 2.00. The summed E-state index contributed by atoms with van der Waals surface area (Å²) >= 11 is 6.33. The molecule has 0 heterocycles. The number of rotatable bonds is 8. The third-order valence-corrected chi connectivity index (χ3v) is 4.08. The number of hydrogen-bond donors (Lipinski definition) is 2. The molecular weight excluding hydrogens is 352 g/mol. The van der Waals surface area contributed by atoms with Gasteiger partial charge in [0.1, 0.15) is 0 Å². The van der Waals surface area contributed by atoms with E-state index in [1.54, 1.807) is 13.2 Å². The van der Waals surface area contributed by atoms with Crippen molar-refractivity contribution in [1.29, 1.82) is 0 Å². The summed E-state index contributed by atoms with van der Waals surface area (Å²) in [4.78, 5) is 12.1. The van der Waals surface area contributed by atoms with E-state index in [9.17, 15) is 4.79 Å². The molecule has 0 unspecified atom stereocenters. The van der Waals surface area contributed by atoms with Gasteiger partial charge in [0.2, 0.25) is 0 Å². The van der Waals surface area contributed by atoms with Crippen molar-refractivity contribution in [3.63, 3.8) is 0 Å². The van der Waals surface area contributed by atoms with Crippen LogP contribution in [0.25, 0.3) is 0 Å². The Labute approximate surface area is 159 Å². The minimum Gasteiger partial charge on any atom is -0.493 e. The molecule has 0 saturated carbocycles. The van der Waals surface area contributed by atoms with Gasteiger partial charge >= 0.3 is 0 Å². The summed E-state index contributed by atoms with van der Waals surface area (Å²) in [5, 5.41) is 6.66. The monoisotopic (exact) mass is 376 g/mol. The van der Waals surface area contributed by atoms with Crippen LogP contribution < -0.4 is 20.1 Å². The number of methoxy groups -OCH3 is 1. The van der Waals surface area contributed by atoms with Crippen molar-refractivity contribution in [2.45, 2.75) is 33.4 Å². The maximum atomic E-state index is 12.1. The molecule has 2 aromatic rings. The second-order valence-electron chi connectivity index (χ2n) is 6.33. The number of halogens is 1. The Kier molecular flexibility index (Phi) is 7.30. The lowest BCUT2D eigenvalue weighted by molar-refractivity contribution is -0.118. The van der Waals surface area contributed by atoms with Crippen LogP contribution in [0.4, 0.5) is 5.69 Å². The summed E-state index contributed by atoms with van der Waals surface area (Å²) in [6, 6.07) is 11.4. The maximum Gasteiger partial charge on any atom is 0.262 e. The van der Waals surface area contributed by atoms with Gasteiger partial charge in [-0.2, -0.15) is 0 Å². The van der Waals surface area contributed by atoms with Crippen molar-refractivity contribution in [3.8, 4) is 11.5 Å². The van der Waals surface area contributed by atoms with Crippen LogP contribution in [0.1, 0.15) is 25.0 Å². The average molecular weight is 377 g/mol. The molecule has 0 aliphatic rings. The fourth-order valence-corrected chi connectivity index (χ4v) is 2.50. The van der Waals surface area contributed by atoms with E-state index in [-0.39, 0.29) is 12.5 Å². The molecule has 2 rings (SSSR count). The predicted octanol–water partition coefficient (Wildman–Crippen LogP) is 4.17. The average Bonchev–Trinajstić information content (AvgIpc) is 2.60. The number of carbonyl (C=O) groups is 1. The highest BCUT2D eigenvalue weighted by Gasteiger charge is 2.13. The number of hydrogen-bond acceptors (Lipinski definition) is 4. The van der Waals surface area contributed by atoms with Crippen molar-refractivity contribution < 1.29 is 14.3 Å². The second-order valence-corrected chi connectivity index (χ2v) is 6.74. The minimum atomic E-state index is -0.252. The Morgan fingerprint density at radius 1 is 1.15 bits per heavy atom. The first-order chi connectivity index (χ1) is 12.4. The van der Waals surface area contributed by atoms with Gasteiger partial charge in [-0.25, -0.2) is 0 Å². The van der Waals surface area contributed by atoms with Gasteiger partial charge in [0.25, 0.3) is 5.91 Å². The van der Waals surface area contributed by atoms with Crippen molar-refractivity contribution in [3.05, 3.63) is 52.5 Å². The molecule has 0 fully saturated rings. The molecule has 0 aliphatic carbocycles. The van der Waals surface area contributed by atoms with Crippen LogP contribution in [0.5, 0.6) is 11.5 Å². The molecule has 5 nitrogen and oxygen atoms in total. The highest BCUT2D eigenvalue weighted by molar-refractivity contribution is 6.31. The van der Waals surface area contributed by atoms with Crippen LogP contribution in [-0.4, -0.2) is 25.7 Å². The molecule has 0 radical (unpaired) electrons. The minimum absolute atomic E-state index is 0.135. The van der Waals surface area contributed by atoms with E-state index in [4.69, 9.17) is 21.1 Å². The highest BCUT2D eigenvalue weighted by atomic mass is 35.5. The molecular formula is C20H25ClN2O3. The summed E-state index contributed by atoms with van der Waals surface area (Å²) in [5.41, 5.74) is 2.77. The van der Waals surface area contributed by atoms with Gasteiger partial charge in [-0.3, -0.25) is 4.79 Å². The van der Waals surface area contributed by atoms with Crippen molar-refractivity contribution in [2.24, 2.45) is 0 Å². The van der Waals surface area contributed by atoms with Gasteiger partial charge in [0.05, 0.1) is 7.11 Å². The van der Waals surface area contributed by atoms with Gasteiger partial charge in [-0.1, -0.05) is 43.1 Å². The second kappa shape index (κ2) is 9.46. The number of carbonyl (C=O) groups excluding carboxylic acids is 1. The van der Waals surface area contributed by atoms with Gasteiger partial charge < -0.3 is 20.1 Å². The zero-order valence-corrected chi connectivity index (χ0v) is 16.3.